The van der Waals surface area contributed by atoms with Crippen molar-refractivity contribution < 1.29 is 35.9 Å². The summed E-state index contributed by atoms with van der Waals surface area (Å²) in [7, 11) is -8.48. The monoisotopic (exact) mass is 532 g/mol. The van der Waals surface area contributed by atoms with Gasteiger partial charge in [0.25, 0.3) is 0 Å². The summed E-state index contributed by atoms with van der Waals surface area (Å²) in [6.45, 7) is 3.56. The maximum atomic E-state index is 13.2. The number of nitrogens with two attached hydrogens (primary N) is 2. The van der Waals surface area contributed by atoms with Gasteiger partial charge in [0.1, 0.15) is 0 Å². The Bertz CT molecular complexity index is 1350. The van der Waals surface area contributed by atoms with Gasteiger partial charge in [0.05, 0.1) is 9.79 Å². The molecule has 4 N–H and O–H groups in total. The van der Waals surface area contributed by atoms with Gasteiger partial charge in [-0.2, -0.15) is 0 Å². The van der Waals surface area contributed by atoms with Crippen molar-refractivity contribution in [1.29, 1.82) is 0 Å². The highest BCUT2D eigenvalue weighted by Crippen LogP contribution is 2.34. The molecule has 3 aromatic carbocycles. The number of primary amides is 2. The van der Waals surface area contributed by atoms with E-state index in [4.69, 9.17) is 20.9 Å². The number of sulfone groups is 2. The lowest BCUT2D eigenvalue weighted by Gasteiger charge is -2.20. The van der Waals surface area contributed by atoms with Crippen LogP contribution in [0.15, 0.2) is 82.6 Å². The van der Waals surface area contributed by atoms with Gasteiger partial charge in [-0.15, -0.1) is 0 Å². The van der Waals surface area contributed by atoms with Gasteiger partial charge in [-0.25, -0.2) is 26.4 Å². The highest BCUT2D eigenvalue weighted by molar-refractivity contribution is 7.91. The Morgan fingerprint density at radius 2 is 0.861 bits per heavy atom. The lowest BCUT2D eigenvalue weighted by Crippen LogP contribution is -2.25. The maximum Gasteiger partial charge on any atom is 0.406 e. The van der Waals surface area contributed by atoms with E-state index >= 15 is 0 Å². The Labute approximate surface area is 208 Å². The molecule has 2 atom stereocenters. The Morgan fingerprint density at radius 3 is 1.11 bits per heavy atom. The van der Waals surface area contributed by atoms with Gasteiger partial charge in [0, 0.05) is 11.1 Å². The van der Waals surface area contributed by atoms with Crippen LogP contribution < -0.4 is 11.5 Å². The van der Waals surface area contributed by atoms with Gasteiger partial charge in [-0.05, 0) is 38.1 Å². The fraction of sp³-hybridized carbons (Fsp3) is 0.167. The van der Waals surface area contributed by atoms with E-state index < -0.39 is 42.7 Å². The second kappa shape index (κ2) is 10.4. The van der Waals surface area contributed by atoms with E-state index in [1.165, 1.54) is 48.5 Å². The zero-order chi connectivity index (χ0) is 26.7. The van der Waals surface area contributed by atoms with Crippen LogP contribution in [0.2, 0.25) is 0 Å². The molecule has 3 aromatic rings. The molecule has 10 nitrogen and oxygen atoms in total. The van der Waals surface area contributed by atoms with Crippen LogP contribution in [0.4, 0.5) is 9.59 Å². The fourth-order valence-corrected chi connectivity index (χ4v) is 6.34. The SMILES string of the molecule is Cc1ccc(S(=O)(=O)C(OC(N)=O)c2ccc(C(OC(N)=O)S(=O)(=O)c3ccc(C)cc3)cc2)cc1. The molecule has 0 bridgehead atoms. The number of benzene rings is 3. The first-order valence-corrected chi connectivity index (χ1v) is 13.5. The Morgan fingerprint density at radius 1 is 0.583 bits per heavy atom. The number of carbonyl (C=O) groups is 2. The van der Waals surface area contributed by atoms with E-state index in [9.17, 15) is 26.4 Å². The van der Waals surface area contributed by atoms with E-state index in [0.717, 1.165) is 11.1 Å². The molecule has 0 fully saturated rings. The van der Waals surface area contributed by atoms with Crippen molar-refractivity contribution in [2.24, 2.45) is 11.5 Å². The number of aryl methyl sites for hydroxylation is 2. The van der Waals surface area contributed by atoms with Crippen LogP contribution in [0.5, 0.6) is 0 Å². The van der Waals surface area contributed by atoms with Crippen LogP contribution >= 0.6 is 0 Å². The minimum atomic E-state index is -4.24. The zero-order valence-corrected chi connectivity index (χ0v) is 21.0. The molecule has 0 saturated carbocycles. The molecule has 0 radical (unpaired) electrons. The van der Waals surface area contributed by atoms with Gasteiger partial charge >= 0.3 is 12.2 Å². The molecule has 36 heavy (non-hydrogen) atoms. The smallest absolute Gasteiger partial charge is 0.406 e. The third-order valence-corrected chi connectivity index (χ3v) is 8.91. The van der Waals surface area contributed by atoms with Crippen molar-refractivity contribution >= 4 is 31.9 Å². The van der Waals surface area contributed by atoms with Crippen LogP contribution in [0.3, 0.4) is 0 Å². The average molecular weight is 533 g/mol. The maximum absolute atomic E-state index is 13.2. The lowest BCUT2D eigenvalue weighted by molar-refractivity contribution is 0.139. The van der Waals surface area contributed by atoms with Crippen LogP contribution in [0.25, 0.3) is 0 Å². The first-order valence-electron chi connectivity index (χ1n) is 10.5. The van der Waals surface area contributed by atoms with Gasteiger partial charge in [0.2, 0.25) is 30.5 Å². The zero-order valence-electron chi connectivity index (χ0n) is 19.3. The normalized spacial score (nSPS) is 13.4. The highest BCUT2D eigenvalue weighted by atomic mass is 32.2. The van der Waals surface area contributed by atoms with Crippen molar-refractivity contribution in [2.45, 2.75) is 34.5 Å². The van der Waals surface area contributed by atoms with Crippen molar-refractivity contribution in [1.82, 2.24) is 0 Å². The Balaban J connectivity index is 2.04. The molecule has 0 heterocycles. The predicted octanol–water partition coefficient (Wildman–Crippen LogP) is 3.44. The molecule has 0 aromatic heterocycles. The summed E-state index contributed by atoms with van der Waals surface area (Å²) in [4.78, 5) is 22.8. The molecule has 0 spiro atoms. The minimum absolute atomic E-state index is 0.0105. The standard InChI is InChI=1S/C24H24N2O8S2/c1-15-3-11-19(12-4-15)35(29,30)21(33-23(25)27)17-7-9-18(10-8-17)22(34-24(26)28)36(31,32)20-13-5-16(2)6-14-20/h3-14,21-22H,1-2H3,(H2,25,27)(H2,26,28). The number of carbonyl (C=O) groups excluding carboxylic acids is 2. The second-order valence-electron chi connectivity index (χ2n) is 7.92. The van der Waals surface area contributed by atoms with Gasteiger partial charge in [-0.3, -0.25) is 0 Å². The number of hydrogen-bond donors (Lipinski definition) is 2. The molecule has 0 saturated heterocycles. The fourth-order valence-electron chi connectivity index (χ4n) is 3.35. The van der Waals surface area contributed by atoms with Gasteiger partial charge < -0.3 is 20.9 Å². The summed E-state index contributed by atoms with van der Waals surface area (Å²) in [5.41, 5.74) is 8.24. The van der Waals surface area contributed by atoms with Crippen LogP contribution in [0.1, 0.15) is 33.1 Å². The van der Waals surface area contributed by atoms with E-state index in [1.807, 2.05) is 0 Å². The Kier molecular flexibility index (Phi) is 7.70. The molecular formula is C24H24N2O8S2. The molecule has 0 aliphatic carbocycles. The van der Waals surface area contributed by atoms with E-state index in [0.29, 0.717) is 0 Å². The quantitative estimate of drug-likeness (QED) is 0.444. The minimum Gasteiger partial charge on any atom is -0.425 e. The predicted molar refractivity (Wildman–Crippen MR) is 130 cm³/mol. The Hall–Kier alpha value is -3.90. The molecule has 3 rings (SSSR count). The summed E-state index contributed by atoms with van der Waals surface area (Å²) in [5, 5.41) is 0. The van der Waals surface area contributed by atoms with Crippen molar-refractivity contribution in [2.75, 3.05) is 0 Å². The van der Waals surface area contributed by atoms with Crippen molar-refractivity contribution in [3.8, 4) is 0 Å². The number of hydrogen-bond acceptors (Lipinski definition) is 8. The summed E-state index contributed by atoms with van der Waals surface area (Å²) in [6.07, 6.45) is -2.65. The highest BCUT2D eigenvalue weighted by Gasteiger charge is 2.35. The number of amides is 2. The molecule has 0 aliphatic heterocycles. The largest absolute Gasteiger partial charge is 0.425 e. The molecular weight excluding hydrogens is 508 g/mol. The topological polar surface area (TPSA) is 173 Å². The van der Waals surface area contributed by atoms with E-state index in [1.54, 1.807) is 38.1 Å². The van der Waals surface area contributed by atoms with Crippen molar-refractivity contribution in [3.05, 3.63) is 95.1 Å². The molecule has 12 heteroatoms. The third kappa shape index (κ3) is 5.83. The third-order valence-electron chi connectivity index (χ3n) is 5.19. The molecule has 2 amide bonds. The average Bonchev–Trinajstić information content (AvgIpc) is 2.81. The molecule has 190 valence electrons. The number of rotatable bonds is 8. The number of ether oxygens (including phenoxy) is 2. The van der Waals surface area contributed by atoms with E-state index in [-0.39, 0.29) is 20.9 Å². The first-order chi connectivity index (χ1) is 16.8. The van der Waals surface area contributed by atoms with Crippen molar-refractivity contribution in [3.63, 3.8) is 0 Å². The van der Waals surface area contributed by atoms with Crippen LogP contribution in [-0.4, -0.2) is 29.0 Å². The summed E-state index contributed by atoms with van der Waals surface area (Å²) in [6, 6.07) is 16.7. The van der Waals surface area contributed by atoms with Gasteiger partial charge in [-0.1, -0.05) is 59.7 Å². The summed E-state index contributed by atoms with van der Waals surface area (Å²) < 4.78 is 62.7. The summed E-state index contributed by atoms with van der Waals surface area (Å²) in [5.74, 6) is 0. The molecule has 2 unspecified atom stereocenters. The van der Waals surface area contributed by atoms with Gasteiger partial charge in [0.15, 0.2) is 0 Å². The second-order valence-corrected chi connectivity index (χ2v) is 11.9. The first kappa shape index (κ1) is 26.7. The van der Waals surface area contributed by atoms with E-state index in [2.05, 4.69) is 0 Å². The lowest BCUT2D eigenvalue weighted by atomic mass is 10.1. The van der Waals surface area contributed by atoms with Crippen LogP contribution in [0, 0.1) is 13.8 Å². The molecule has 0 aliphatic rings. The summed E-state index contributed by atoms with van der Waals surface area (Å²) >= 11 is 0. The van der Waals surface area contributed by atoms with Crippen LogP contribution in [-0.2, 0) is 29.1 Å².